The van der Waals surface area contributed by atoms with E-state index in [2.05, 4.69) is 16.0 Å². The van der Waals surface area contributed by atoms with Crippen LogP contribution in [0, 0.1) is 5.92 Å². The Bertz CT molecular complexity index is 714. The smallest absolute Gasteiger partial charge is 0.226 e. The summed E-state index contributed by atoms with van der Waals surface area (Å²) in [6, 6.07) is 12.3. The van der Waals surface area contributed by atoms with E-state index in [0.717, 1.165) is 29.8 Å². The van der Waals surface area contributed by atoms with Gasteiger partial charge in [0.2, 0.25) is 5.91 Å². The van der Waals surface area contributed by atoms with Crippen molar-refractivity contribution in [1.29, 1.82) is 0 Å². The molecule has 2 fully saturated rings. The van der Waals surface area contributed by atoms with Crippen molar-refractivity contribution >= 4 is 17.5 Å². The SMILES string of the molecule is O=C([C@@H]1C[C@H]1c1cccc(Cl)c1)N(Cc1cccnc1)C1CC1. The minimum absolute atomic E-state index is 0.116. The monoisotopic (exact) mass is 326 g/mol. The third-order valence-corrected chi connectivity index (χ3v) is 4.97. The zero-order chi connectivity index (χ0) is 15.8. The number of hydrogen-bond donors (Lipinski definition) is 0. The van der Waals surface area contributed by atoms with Crippen molar-refractivity contribution in [2.45, 2.75) is 37.8 Å². The molecule has 0 aliphatic heterocycles. The maximum Gasteiger partial charge on any atom is 0.226 e. The van der Waals surface area contributed by atoms with Gasteiger partial charge >= 0.3 is 0 Å². The average molecular weight is 327 g/mol. The summed E-state index contributed by atoms with van der Waals surface area (Å²) in [5.74, 6) is 0.739. The minimum Gasteiger partial charge on any atom is -0.335 e. The molecule has 1 aromatic heterocycles. The molecule has 0 spiro atoms. The molecule has 1 heterocycles. The van der Waals surface area contributed by atoms with Crippen LogP contribution in [0.15, 0.2) is 48.8 Å². The molecule has 2 aliphatic rings. The van der Waals surface area contributed by atoms with Crippen LogP contribution in [0.4, 0.5) is 0 Å². The molecule has 0 saturated heterocycles. The molecule has 0 unspecified atom stereocenters. The number of rotatable bonds is 5. The standard InChI is InChI=1S/C19H19ClN2O/c20-15-5-1-4-14(9-15)17-10-18(17)19(23)22(16-6-7-16)12-13-3-2-8-21-11-13/h1-5,8-9,11,16-18H,6-7,10,12H2/t17-,18+/m0/s1. The first-order valence-corrected chi connectivity index (χ1v) is 8.55. The lowest BCUT2D eigenvalue weighted by Gasteiger charge is -2.22. The molecule has 4 heteroatoms. The van der Waals surface area contributed by atoms with Crippen molar-refractivity contribution in [1.82, 2.24) is 9.88 Å². The van der Waals surface area contributed by atoms with Crippen LogP contribution < -0.4 is 0 Å². The summed E-state index contributed by atoms with van der Waals surface area (Å²) in [5, 5.41) is 0.745. The Kier molecular flexibility index (Phi) is 3.82. The molecule has 2 aliphatic carbocycles. The molecule has 2 saturated carbocycles. The van der Waals surface area contributed by atoms with E-state index < -0.39 is 0 Å². The molecule has 4 rings (SSSR count). The van der Waals surface area contributed by atoms with E-state index in [0.29, 0.717) is 24.4 Å². The van der Waals surface area contributed by atoms with Crippen LogP contribution >= 0.6 is 11.6 Å². The van der Waals surface area contributed by atoms with Crippen LogP contribution in [0.25, 0.3) is 0 Å². The molecule has 2 aromatic rings. The van der Waals surface area contributed by atoms with E-state index >= 15 is 0 Å². The van der Waals surface area contributed by atoms with Gasteiger partial charge in [-0.1, -0.05) is 29.8 Å². The van der Waals surface area contributed by atoms with Gasteiger partial charge in [0.1, 0.15) is 0 Å². The number of halogens is 1. The lowest BCUT2D eigenvalue weighted by molar-refractivity contribution is -0.133. The molecule has 1 amide bonds. The summed E-state index contributed by atoms with van der Waals surface area (Å²) >= 11 is 6.07. The third-order valence-electron chi connectivity index (χ3n) is 4.73. The van der Waals surface area contributed by atoms with Crippen molar-refractivity contribution in [3.63, 3.8) is 0 Å². The lowest BCUT2D eigenvalue weighted by Crippen LogP contribution is -2.34. The number of hydrogen-bond acceptors (Lipinski definition) is 2. The van der Waals surface area contributed by atoms with Gasteiger partial charge in [0.05, 0.1) is 0 Å². The van der Waals surface area contributed by atoms with Gasteiger partial charge in [-0.05, 0) is 54.5 Å². The third kappa shape index (κ3) is 3.25. The Balaban J connectivity index is 1.47. The fraction of sp³-hybridized carbons (Fsp3) is 0.368. The highest BCUT2D eigenvalue weighted by atomic mass is 35.5. The second kappa shape index (κ2) is 5.97. The molecule has 1 aromatic carbocycles. The van der Waals surface area contributed by atoms with Crippen molar-refractivity contribution in [2.24, 2.45) is 5.92 Å². The summed E-state index contributed by atoms with van der Waals surface area (Å²) in [6.07, 6.45) is 6.81. The molecule has 0 bridgehead atoms. The maximum atomic E-state index is 12.9. The number of carbonyl (C=O) groups is 1. The van der Waals surface area contributed by atoms with Crippen LogP contribution in [0.5, 0.6) is 0 Å². The van der Waals surface area contributed by atoms with Gasteiger partial charge in [-0.15, -0.1) is 0 Å². The van der Waals surface area contributed by atoms with Crippen LogP contribution in [0.1, 0.15) is 36.3 Å². The highest BCUT2D eigenvalue weighted by molar-refractivity contribution is 6.30. The van der Waals surface area contributed by atoms with E-state index in [1.165, 1.54) is 5.56 Å². The Morgan fingerprint density at radius 1 is 1.26 bits per heavy atom. The van der Waals surface area contributed by atoms with Crippen molar-refractivity contribution in [3.05, 3.63) is 64.9 Å². The second-order valence-electron chi connectivity index (χ2n) is 6.56. The highest BCUT2D eigenvalue weighted by Gasteiger charge is 2.48. The summed E-state index contributed by atoms with van der Waals surface area (Å²) in [5.41, 5.74) is 2.29. The predicted molar refractivity (Wildman–Crippen MR) is 90.1 cm³/mol. The van der Waals surface area contributed by atoms with Gasteiger partial charge in [-0.2, -0.15) is 0 Å². The number of pyridine rings is 1. The first-order chi connectivity index (χ1) is 11.2. The van der Waals surface area contributed by atoms with Gasteiger partial charge < -0.3 is 4.90 Å². The zero-order valence-electron chi connectivity index (χ0n) is 12.9. The molecular formula is C19H19ClN2O. The molecule has 118 valence electrons. The molecule has 3 nitrogen and oxygen atoms in total. The number of nitrogens with zero attached hydrogens (tertiary/aromatic N) is 2. The minimum atomic E-state index is 0.116. The van der Waals surface area contributed by atoms with Crippen molar-refractivity contribution in [2.75, 3.05) is 0 Å². The second-order valence-corrected chi connectivity index (χ2v) is 7.00. The van der Waals surface area contributed by atoms with Crippen molar-refractivity contribution in [3.8, 4) is 0 Å². The van der Waals surface area contributed by atoms with E-state index in [4.69, 9.17) is 11.6 Å². The van der Waals surface area contributed by atoms with E-state index in [1.54, 1.807) is 6.20 Å². The molecule has 23 heavy (non-hydrogen) atoms. The fourth-order valence-electron chi connectivity index (χ4n) is 3.25. The van der Waals surface area contributed by atoms with E-state index in [1.807, 2.05) is 36.5 Å². The van der Waals surface area contributed by atoms with Gasteiger partial charge in [-0.3, -0.25) is 9.78 Å². The van der Waals surface area contributed by atoms with Crippen LogP contribution in [-0.4, -0.2) is 21.8 Å². The Hall–Kier alpha value is -1.87. The van der Waals surface area contributed by atoms with Gasteiger partial charge in [0.15, 0.2) is 0 Å². The quantitative estimate of drug-likeness (QED) is 0.831. The highest BCUT2D eigenvalue weighted by Crippen LogP contribution is 2.50. The summed E-state index contributed by atoms with van der Waals surface area (Å²) < 4.78 is 0. The normalized spacial score (nSPS) is 22.7. The summed E-state index contributed by atoms with van der Waals surface area (Å²) in [6.45, 7) is 0.677. The van der Waals surface area contributed by atoms with Gasteiger partial charge in [-0.25, -0.2) is 0 Å². The predicted octanol–water partition coefficient (Wildman–Crippen LogP) is 4.03. The number of amides is 1. The molecule has 0 radical (unpaired) electrons. The first-order valence-electron chi connectivity index (χ1n) is 8.17. The Labute approximate surface area is 141 Å². The molecule has 2 atom stereocenters. The Morgan fingerprint density at radius 2 is 2.13 bits per heavy atom. The number of benzene rings is 1. The lowest BCUT2D eigenvalue weighted by atomic mass is 10.1. The van der Waals surface area contributed by atoms with Crippen LogP contribution in [0.2, 0.25) is 5.02 Å². The summed E-state index contributed by atoms with van der Waals surface area (Å²) in [7, 11) is 0. The maximum absolute atomic E-state index is 12.9. The summed E-state index contributed by atoms with van der Waals surface area (Å²) in [4.78, 5) is 19.2. The van der Waals surface area contributed by atoms with E-state index in [9.17, 15) is 4.79 Å². The fourth-order valence-corrected chi connectivity index (χ4v) is 3.45. The van der Waals surface area contributed by atoms with Gasteiger partial charge in [0, 0.05) is 35.9 Å². The first kappa shape index (κ1) is 14.7. The topological polar surface area (TPSA) is 33.2 Å². The largest absolute Gasteiger partial charge is 0.335 e. The number of aromatic nitrogens is 1. The molecular weight excluding hydrogens is 308 g/mol. The van der Waals surface area contributed by atoms with Crippen LogP contribution in [0.3, 0.4) is 0 Å². The van der Waals surface area contributed by atoms with Gasteiger partial charge in [0.25, 0.3) is 0 Å². The Morgan fingerprint density at radius 3 is 2.83 bits per heavy atom. The van der Waals surface area contributed by atoms with Crippen LogP contribution in [-0.2, 0) is 11.3 Å². The van der Waals surface area contributed by atoms with Crippen molar-refractivity contribution < 1.29 is 4.79 Å². The zero-order valence-corrected chi connectivity index (χ0v) is 13.6. The number of carbonyl (C=O) groups excluding carboxylic acids is 1. The average Bonchev–Trinajstić information content (AvgIpc) is 3.47. The van der Waals surface area contributed by atoms with E-state index in [-0.39, 0.29) is 5.92 Å². The molecule has 0 N–H and O–H groups in total.